The fourth-order valence-electron chi connectivity index (χ4n) is 1.53. The summed E-state index contributed by atoms with van der Waals surface area (Å²) >= 11 is 1.62. The van der Waals surface area contributed by atoms with Gasteiger partial charge in [-0.2, -0.15) is 4.98 Å². The highest BCUT2D eigenvalue weighted by atomic mass is 32.1. The first kappa shape index (κ1) is 13.7. The van der Waals surface area contributed by atoms with Gasteiger partial charge in [-0.15, -0.1) is 16.4 Å². The molecule has 0 aromatic carbocycles. The molecule has 19 heavy (non-hydrogen) atoms. The second-order valence-corrected chi connectivity index (χ2v) is 5.29. The van der Waals surface area contributed by atoms with E-state index in [1.807, 2.05) is 26.0 Å². The monoisotopic (exact) mass is 280 g/mol. The number of nitrogens with one attached hydrogen (secondary N) is 2. The number of hydrogen-bond donors (Lipinski definition) is 2. The van der Waals surface area contributed by atoms with E-state index >= 15 is 0 Å². The van der Waals surface area contributed by atoms with Crippen molar-refractivity contribution in [3.8, 4) is 10.7 Å². The third kappa shape index (κ3) is 3.39. The maximum Gasteiger partial charge on any atom is 0.255 e. The molecule has 0 saturated heterocycles. The third-order valence-electron chi connectivity index (χ3n) is 2.48. The minimum Gasteiger partial charge on any atom is -0.369 e. The van der Waals surface area contributed by atoms with Crippen molar-refractivity contribution < 1.29 is 9.53 Å². The van der Waals surface area contributed by atoms with Gasteiger partial charge in [-0.05, 0) is 32.9 Å². The second-order valence-electron chi connectivity index (χ2n) is 4.00. The first-order valence-electron chi connectivity index (χ1n) is 6.01. The number of nitrogens with zero attached hydrogens (tertiary/aromatic N) is 2. The van der Waals surface area contributed by atoms with Crippen LogP contribution in [0.1, 0.15) is 18.7 Å². The number of aryl methyl sites for hydroxylation is 1. The molecule has 6 nitrogen and oxygen atoms in total. The Morgan fingerprint density at radius 1 is 1.58 bits per heavy atom. The van der Waals surface area contributed by atoms with Crippen molar-refractivity contribution in [1.82, 2.24) is 15.2 Å². The van der Waals surface area contributed by atoms with Gasteiger partial charge < -0.3 is 4.74 Å². The summed E-state index contributed by atoms with van der Waals surface area (Å²) in [6.07, 6.45) is -0.518. The molecule has 2 heterocycles. The van der Waals surface area contributed by atoms with Crippen LogP contribution in [0.25, 0.3) is 10.7 Å². The lowest BCUT2D eigenvalue weighted by molar-refractivity contribution is -0.126. The molecule has 0 spiro atoms. The smallest absolute Gasteiger partial charge is 0.255 e. The highest BCUT2D eigenvalue weighted by Crippen LogP contribution is 2.24. The molecule has 7 heteroatoms. The van der Waals surface area contributed by atoms with E-state index in [1.165, 1.54) is 4.88 Å². The molecular weight excluding hydrogens is 264 g/mol. The number of rotatable bonds is 5. The molecule has 2 rings (SSSR count). The molecule has 0 aliphatic rings. The van der Waals surface area contributed by atoms with Crippen molar-refractivity contribution in [3.05, 3.63) is 17.0 Å². The summed E-state index contributed by atoms with van der Waals surface area (Å²) in [7, 11) is 0. The lowest BCUT2D eigenvalue weighted by Crippen LogP contribution is -2.28. The summed E-state index contributed by atoms with van der Waals surface area (Å²) in [5.74, 6) is 0.657. The number of hydrogen-bond acceptors (Lipinski definition) is 5. The van der Waals surface area contributed by atoms with Crippen molar-refractivity contribution in [2.24, 2.45) is 0 Å². The molecule has 1 unspecified atom stereocenters. The Hall–Kier alpha value is -1.73. The number of aromatic nitrogens is 3. The van der Waals surface area contributed by atoms with Crippen LogP contribution in [0.5, 0.6) is 0 Å². The van der Waals surface area contributed by atoms with E-state index in [0.717, 1.165) is 4.88 Å². The maximum absolute atomic E-state index is 11.7. The highest BCUT2D eigenvalue weighted by molar-refractivity contribution is 7.15. The number of amides is 1. The van der Waals surface area contributed by atoms with Crippen molar-refractivity contribution >= 4 is 23.2 Å². The summed E-state index contributed by atoms with van der Waals surface area (Å²) in [4.78, 5) is 18.1. The van der Waals surface area contributed by atoms with Crippen LogP contribution in [0.4, 0.5) is 5.95 Å². The Morgan fingerprint density at radius 3 is 3.00 bits per heavy atom. The van der Waals surface area contributed by atoms with Crippen molar-refractivity contribution in [2.45, 2.75) is 26.9 Å². The second kappa shape index (κ2) is 5.94. The third-order valence-corrected chi connectivity index (χ3v) is 3.49. The molecule has 2 N–H and O–H groups in total. The average Bonchev–Trinajstić information content (AvgIpc) is 2.98. The number of ether oxygens (including phenoxy) is 1. The first-order chi connectivity index (χ1) is 9.10. The van der Waals surface area contributed by atoms with Gasteiger partial charge in [0.05, 0.1) is 4.88 Å². The molecule has 2 aromatic heterocycles. The number of H-pyrrole nitrogens is 1. The van der Waals surface area contributed by atoms with Crippen LogP contribution in [0.3, 0.4) is 0 Å². The van der Waals surface area contributed by atoms with Crippen molar-refractivity contribution in [2.75, 3.05) is 11.9 Å². The number of carbonyl (C=O) groups excluding carboxylic acids is 1. The zero-order chi connectivity index (χ0) is 13.8. The normalized spacial score (nSPS) is 12.4. The van der Waals surface area contributed by atoms with Gasteiger partial charge in [0.2, 0.25) is 5.95 Å². The molecule has 1 atom stereocenters. The van der Waals surface area contributed by atoms with Crippen LogP contribution in [-0.2, 0) is 9.53 Å². The fourth-order valence-corrected chi connectivity index (χ4v) is 2.33. The lowest BCUT2D eigenvalue weighted by atomic mass is 10.4. The zero-order valence-corrected chi connectivity index (χ0v) is 11.9. The minimum atomic E-state index is -0.518. The summed E-state index contributed by atoms with van der Waals surface area (Å²) < 4.78 is 5.19. The van der Waals surface area contributed by atoms with E-state index in [1.54, 1.807) is 18.3 Å². The first-order valence-corrected chi connectivity index (χ1v) is 6.83. The Kier molecular flexibility index (Phi) is 4.28. The summed E-state index contributed by atoms with van der Waals surface area (Å²) in [5, 5.41) is 9.38. The summed E-state index contributed by atoms with van der Waals surface area (Å²) in [6, 6.07) is 3.98. The number of thiophene rings is 1. The fraction of sp³-hybridized carbons (Fsp3) is 0.417. The van der Waals surface area contributed by atoms with Crippen molar-refractivity contribution in [1.29, 1.82) is 0 Å². The van der Waals surface area contributed by atoms with E-state index in [9.17, 15) is 4.79 Å². The Bertz CT molecular complexity index is 564. The van der Waals surface area contributed by atoms with Gasteiger partial charge in [-0.1, -0.05) is 0 Å². The topological polar surface area (TPSA) is 79.9 Å². The number of aromatic amines is 1. The van der Waals surface area contributed by atoms with Gasteiger partial charge in [-0.3, -0.25) is 15.2 Å². The molecule has 1 amide bonds. The van der Waals surface area contributed by atoms with Crippen LogP contribution in [-0.4, -0.2) is 33.8 Å². The summed E-state index contributed by atoms with van der Waals surface area (Å²) in [6.45, 7) is 6.04. The van der Waals surface area contributed by atoms with Crippen LogP contribution in [0.2, 0.25) is 0 Å². The molecule has 0 bridgehead atoms. The Morgan fingerprint density at radius 2 is 2.37 bits per heavy atom. The van der Waals surface area contributed by atoms with Gasteiger partial charge in [0.1, 0.15) is 6.10 Å². The predicted molar refractivity (Wildman–Crippen MR) is 74.2 cm³/mol. The number of anilines is 1. The van der Waals surface area contributed by atoms with Crippen LogP contribution < -0.4 is 5.32 Å². The molecule has 0 saturated carbocycles. The van der Waals surface area contributed by atoms with Crippen LogP contribution in [0, 0.1) is 6.92 Å². The molecular formula is C12H16N4O2S. The van der Waals surface area contributed by atoms with Crippen LogP contribution in [0.15, 0.2) is 12.1 Å². The molecule has 0 aliphatic carbocycles. The van der Waals surface area contributed by atoms with Gasteiger partial charge >= 0.3 is 0 Å². The van der Waals surface area contributed by atoms with Gasteiger partial charge in [0.25, 0.3) is 5.91 Å². The maximum atomic E-state index is 11.7. The largest absolute Gasteiger partial charge is 0.369 e. The average molecular weight is 280 g/mol. The zero-order valence-electron chi connectivity index (χ0n) is 11.1. The van der Waals surface area contributed by atoms with Gasteiger partial charge in [0, 0.05) is 11.5 Å². The SMILES string of the molecule is CCOC(C)C(=O)Nc1n[nH]c(-c2ccc(C)s2)n1. The highest BCUT2D eigenvalue weighted by Gasteiger charge is 2.15. The van der Waals surface area contributed by atoms with E-state index in [2.05, 4.69) is 20.5 Å². The Balaban J connectivity index is 2.03. The van der Waals surface area contributed by atoms with Gasteiger partial charge in [0.15, 0.2) is 5.82 Å². The predicted octanol–water partition coefficient (Wildman–Crippen LogP) is 2.21. The Labute approximate surface area is 115 Å². The van der Waals surface area contributed by atoms with E-state index in [-0.39, 0.29) is 11.9 Å². The standard InChI is InChI=1S/C12H16N4O2S/c1-4-18-8(3)11(17)14-12-13-10(15-16-12)9-6-5-7(2)19-9/h5-6,8H,4H2,1-3H3,(H2,13,14,15,16,17). The molecule has 102 valence electrons. The van der Waals surface area contributed by atoms with Crippen molar-refractivity contribution in [3.63, 3.8) is 0 Å². The minimum absolute atomic E-state index is 0.255. The van der Waals surface area contributed by atoms with E-state index in [4.69, 9.17) is 4.74 Å². The quantitative estimate of drug-likeness (QED) is 0.880. The van der Waals surface area contributed by atoms with E-state index in [0.29, 0.717) is 12.4 Å². The molecule has 0 aliphatic heterocycles. The number of carbonyl (C=O) groups is 1. The molecule has 2 aromatic rings. The van der Waals surface area contributed by atoms with E-state index < -0.39 is 6.10 Å². The lowest BCUT2D eigenvalue weighted by Gasteiger charge is -2.09. The molecule has 0 fully saturated rings. The van der Waals surface area contributed by atoms with Gasteiger partial charge in [-0.25, -0.2) is 0 Å². The summed E-state index contributed by atoms with van der Waals surface area (Å²) in [5.41, 5.74) is 0. The molecule has 0 radical (unpaired) electrons. The van der Waals surface area contributed by atoms with Crippen LogP contribution >= 0.6 is 11.3 Å².